The molecule has 0 spiro atoms. The number of aliphatic imine (C=N–C) groups is 1. The number of carbonyl (C=O) groups is 1. The van der Waals surface area contributed by atoms with Crippen molar-refractivity contribution in [2.24, 2.45) is 4.99 Å². The van der Waals surface area contributed by atoms with Crippen LogP contribution in [0.4, 0.5) is 0 Å². The molecule has 1 saturated heterocycles. The lowest BCUT2D eigenvalue weighted by atomic mass is 10.2. The molecule has 1 aliphatic heterocycles. The van der Waals surface area contributed by atoms with Crippen molar-refractivity contribution in [2.75, 3.05) is 44.9 Å². The van der Waals surface area contributed by atoms with Crippen molar-refractivity contribution in [1.82, 2.24) is 16.0 Å². The molecule has 0 aliphatic carbocycles. The maximum atomic E-state index is 11.8. The van der Waals surface area contributed by atoms with Crippen LogP contribution in [0.15, 0.2) is 4.99 Å². The summed E-state index contributed by atoms with van der Waals surface area (Å²) < 4.78 is 28.2. The van der Waals surface area contributed by atoms with Gasteiger partial charge in [0.2, 0.25) is 5.91 Å². The summed E-state index contributed by atoms with van der Waals surface area (Å²) in [4.78, 5) is 15.9. The molecule has 1 atom stereocenters. The van der Waals surface area contributed by atoms with Crippen LogP contribution in [0, 0.1) is 0 Å². The maximum Gasteiger partial charge on any atom is 0.222 e. The average molecular weight is 504 g/mol. The van der Waals surface area contributed by atoms with Gasteiger partial charge in [0.1, 0.15) is 0 Å². The number of hydrogen-bond acceptors (Lipinski definition) is 5. The molecule has 1 amide bonds. The minimum atomic E-state index is -2.97. The third-order valence-electron chi connectivity index (χ3n) is 3.87. The zero-order valence-electron chi connectivity index (χ0n) is 15.8. The smallest absolute Gasteiger partial charge is 0.222 e. The van der Waals surface area contributed by atoms with Gasteiger partial charge in [-0.05, 0) is 19.3 Å². The van der Waals surface area contributed by atoms with Crippen LogP contribution in [-0.2, 0) is 19.4 Å². The molecule has 1 heterocycles. The number of carbonyl (C=O) groups excluding carboxylic acids is 1. The lowest BCUT2D eigenvalue weighted by Crippen LogP contribution is -2.41. The summed E-state index contributed by atoms with van der Waals surface area (Å²) in [6.45, 7) is 4.85. The number of hydrogen-bond donors (Lipinski definition) is 3. The van der Waals surface area contributed by atoms with Crippen LogP contribution in [0.5, 0.6) is 0 Å². The summed E-state index contributed by atoms with van der Waals surface area (Å²) in [7, 11) is -1.29. The molecule has 1 rings (SSSR count). The SMILES string of the molecule is CCCCOCCCNC(=NC)NCCC(=O)NC1CCS(=O)(=O)C1.I. The first-order valence-corrected chi connectivity index (χ1v) is 10.8. The van der Waals surface area contributed by atoms with Gasteiger partial charge in [-0.1, -0.05) is 13.3 Å². The molecule has 1 fully saturated rings. The van der Waals surface area contributed by atoms with E-state index in [9.17, 15) is 13.2 Å². The predicted molar refractivity (Wildman–Crippen MR) is 115 cm³/mol. The van der Waals surface area contributed by atoms with Gasteiger partial charge in [-0.2, -0.15) is 0 Å². The molecule has 8 nitrogen and oxygen atoms in total. The summed E-state index contributed by atoms with van der Waals surface area (Å²) in [5.74, 6) is 0.712. The molecule has 0 aromatic carbocycles. The Bertz CT molecular complexity index is 528. The number of halogens is 1. The van der Waals surface area contributed by atoms with E-state index in [1.165, 1.54) is 0 Å². The normalized spacial score (nSPS) is 18.8. The zero-order chi connectivity index (χ0) is 18.5. The van der Waals surface area contributed by atoms with Crippen LogP contribution >= 0.6 is 24.0 Å². The average Bonchev–Trinajstić information content (AvgIpc) is 2.90. The molecule has 0 aromatic rings. The van der Waals surface area contributed by atoms with E-state index in [0.29, 0.717) is 18.9 Å². The Morgan fingerprint density at radius 2 is 1.88 bits per heavy atom. The Kier molecular flexibility index (Phi) is 14.1. The number of guanidine groups is 1. The van der Waals surface area contributed by atoms with Gasteiger partial charge in [0, 0.05) is 45.8 Å². The number of unbranched alkanes of at least 4 members (excludes halogenated alkanes) is 1. The van der Waals surface area contributed by atoms with Crippen molar-refractivity contribution in [3.63, 3.8) is 0 Å². The fourth-order valence-electron chi connectivity index (χ4n) is 2.45. The second-order valence-corrected chi connectivity index (χ2v) is 8.39. The van der Waals surface area contributed by atoms with E-state index >= 15 is 0 Å². The van der Waals surface area contributed by atoms with Crippen LogP contribution in [0.3, 0.4) is 0 Å². The maximum absolute atomic E-state index is 11.8. The first kappa shape index (κ1) is 25.4. The monoisotopic (exact) mass is 504 g/mol. The summed E-state index contributed by atoms with van der Waals surface area (Å²) in [6, 6.07) is -0.248. The van der Waals surface area contributed by atoms with Crippen molar-refractivity contribution < 1.29 is 17.9 Å². The van der Waals surface area contributed by atoms with Gasteiger partial charge < -0.3 is 20.7 Å². The van der Waals surface area contributed by atoms with Crippen LogP contribution in [0.25, 0.3) is 0 Å². The summed E-state index contributed by atoms with van der Waals surface area (Å²) in [6.07, 6.45) is 3.90. The molecule has 0 radical (unpaired) electrons. The van der Waals surface area contributed by atoms with Crippen molar-refractivity contribution in [3.8, 4) is 0 Å². The lowest BCUT2D eigenvalue weighted by molar-refractivity contribution is -0.121. The van der Waals surface area contributed by atoms with E-state index < -0.39 is 9.84 Å². The van der Waals surface area contributed by atoms with Crippen LogP contribution in [0.2, 0.25) is 0 Å². The fourth-order valence-corrected chi connectivity index (χ4v) is 4.13. The Morgan fingerprint density at radius 1 is 1.19 bits per heavy atom. The molecule has 154 valence electrons. The molecule has 0 saturated carbocycles. The highest BCUT2D eigenvalue weighted by molar-refractivity contribution is 14.0. The molecule has 3 N–H and O–H groups in total. The first-order chi connectivity index (χ1) is 12.0. The van der Waals surface area contributed by atoms with Gasteiger partial charge in [-0.3, -0.25) is 9.79 Å². The standard InChI is InChI=1S/C16H32N4O4S.HI/c1-3-4-10-24-11-5-8-18-16(17-2)19-9-6-15(21)20-14-7-12-25(22,23)13-14;/h14H,3-13H2,1-2H3,(H,20,21)(H2,17,18,19);1H. The number of nitrogens with zero attached hydrogens (tertiary/aromatic N) is 1. The van der Waals surface area contributed by atoms with Gasteiger partial charge in [0.05, 0.1) is 11.5 Å². The number of amides is 1. The van der Waals surface area contributed by atoms with Gasteiger partial charge in [-0.25, -0.2) is 8.42 Å². The highest BCUT2D eigenvalue weighted by Gasteiger charge is 2.28. The first-order valence-electron chi connectivity index (χ1n) is 8.99. The quantitative estimate of drug-likeness (QED) is 0.165. The minimum absolute atomic E-state index is 0. The molecular formula is C16H33IN4O4S. The molecule has 0 aromatic heterocycles. The number of ether oxygens (including phenoxy) is 1. The predicted octanol–water partition coefficient (Wildman–Crippen LogP) is 0.670. The number of sulfone groups is 1. The highest BCUT2D eigenvalue weighted by atomic mass is 127. The summed E-state index contributed by atoms with van der Waals surface area (Å²) >= 11 is 0. The van der Waals surface area contributed by atoms with E-state index in [2.05, 4.69) is 27.9 Å². The molecular weight excluding hydrogens is 471 g/mol. The van der Waals surface area contributed by atoms with Crippen molar-refractivity contribution in [2.45, 2.75) is 45.1 Å². The highest BCUT2D eigenvalue weighted by Crippen LogP contribution is 2.11. The van der Waals surface area contributed by atoms with Gasteiger partial charge >= 0.3 is 0 Å². The van der Waals surface area contributed by atoms with E-state index in [1.54, 1.807) is 7.05 Å². The fraction of sp³-hybridized carbons (Fsp3) is 0.875. The zero-order valence-corrected chi connectivity index (χ0v) is 18.9. The second kappa shape index (κ2) is 14.4. The van der Waals surface area contributed by atoms with Gasteiger partial charge in [0.15, 0.2) is 15.8 Å². The van der Waals surface area contributed by atoms with Crippen LogP contribution < -0.4 is 16.0 Å². The van der Waals surface area contributed by atoms with Crippen LogP contribution in [0.1, 0.15) is 39.0 Å². The van der Waals surface area contributed by atoms with E-state index in [4.69, 9.17) is 4.74 Å². The van der Waals surface area contributed by atoms with Crippen LogP contribution in [-0.4, -0.2) is 71.2 Å². The van der Waals surface area contributed by atoms with E-state index in [1.807, 2.05) is 0 Å². The Labute approximate surface area is 174 Å². The van der Waals surface area contributed by atoms with E-state index in [0.717, 1.165) is 39.0 Å². The molecule has 1 unspecified atom stereocenters. The minimum Gasteiger partial charge on any atom is -0.381 e. The number of nitrogens with one attached hydrogen (secondary N) is 3. The van der Waals surface area contributed by atoms with Crippen molar-refractivity contribution in [3.05, 3.63) is 0 Å². The topological polar surface area (TPSA) is 109 Å². The summed E-state index contributed by atoms with van der Waals surface area (Å²) in [5.41, 5.74) is 0. The van der Waals surface area contributed by atoms with Gasteiger partial charge in [-0.15, -0.1) is 24.0 Å². The molecule has 0 bridgehead atoms. The van der Waals surface area contributed by atoms with E-state index in [-0.39, 0.29) is 53.9 Å². The third kappa shape index (κ3) is 11.9. The lowest BCUT2D eigenvalue weighted by Gasteiger charge is -2.13. The molecule has 26 heavy (non-hydrogen) atoms. The van der Waals surface area contributed by atoms with Gasteiger partial charge in [0.25, 0.3) is 0 Å². The second-order valence-electron chi connectivity index (χ2n) is 6.16. The van der Waals surface area contributed by atoms with Crippen molar-refractivity contribution in [1.29, 1.82) is 0 Å². The Balaban J connectivity index is 0.00000625. The third-order valence-corrected chi connectivity index (χ3v) is 5.63. The Hall–Kier alpha value is -0.620. The van der Waals surface area contributed by atoms with Crippen molar-refractivity contribution >= 4 is 45.7 Å². The number of rotatable bonds is 11. The summed E-state index contributed by atoms with van der Waals surface area (Å²) in [5, 5.41) is 9.01. The molecule has 1 aliphatic rings. The molecule has 10 heteroatoms. The Morgan fingerprint density at radius 3 is 2.50 bits per heavy atom. The largest absolute Gasteiger partial charge is 0.381 e.